The van der Waals surface area contributed by atoms with Crippen molar-refractivity contribution in [3.8, 4) is 0 Å². The van der Waals surface area contributed by atoms with Crippen LogP contribution < -0.4 is 15.5 Å². The second kappa shape index (κ2) is 8.97. The van der Waals surface area contributed by atoms with E-state index in [1.165, 1.54) is 6.92 Å². The summed E-state index contributed by atoms with van der Waals surface area (Å²) < 4.78 is 0. The fourth-order valence-electron chi connectivity index (χ4n) is 2.92. The second-order valence-corrected chi connectivity index (χ2v) is 6.54. The molecule has 0 spiro atoms. The van der Waals surface area contributed by atoms with Gasteiger partial charge in [-0.25, -0.2) is 9.97 Å². The van der Waals surface area contributed by atoms with Crippen LogP contribution in [0, 0.1) is 6.92 Å². The Bertz CT molecular complexity index is 1030. The third kappa shape index (κ3) is 5.16. The van der Waals surface area contributed by atoms with Crippen molar-refractivity contribution in [2.45, 2.75) is 20.8 Å². The molecule has 1 aromatic heterocycles. The van der Waals surface area contributed by atoms with Gasteiger partial charge in [0.1, 0.15) is 5.69 Å². The lowest BCUT2D eigenvalue weighted by Gasteiger charge is -2.21. The Morgan fingerprint density at radius 2 is 1.79 bits per heavy atom. The summed E-state index contributed by atoms with van der Waals surface area (Å²) in [5.41, 5.74) is 3.56. The van der Waals surface area contributed by atoms with E-state index in [0.717, 1.165) is 11.3 Å². The molecule has 0 saturated carbocycles. The van der Waals surface area contributed by atoms with Crippen molar-refractivity contribution in [3.63, 3.8) is 0 Å². The molecule has 2 N–H and O–H groups in total. The van der Waals surface area contributed by atoms with E-state index in [0.29, 0.717) is 29.6 Å². The molecule has 0 atom stereocenters. The number of carbonyl (C=O) groups is 2. The van der Waals surface area contributed by atoms with Crippen LogP contribution in [0.2, 0.25) is 0 Å². The van der Waals surface area contributed by atoms with Crippen LogP contribution >= 0.6 is 0 Å². The average molecular weight is 389 g/mol. The highest BCUT2D eigenvalue weighted by Crippen LogP contribution is 2.20. The topological polar surface area (TPSA) is 87.2 Å². The molecule has 0 aliphatic heterocycles. The molecular weight excluding hydrogens is 366 g/mol. The maximum atomic E-state index is 13.0. The predicted octanol–water partition coefficient (Wildman–Crippen LogP) is 4.15. The van der Waals surface area contributed by atoms with Gasteiger partial charge in [0.05, 0.1) is 0 Å². The zero-order chi connectivity index (χ0) is 20.8. The van der Waals surface area contributed by atoms with E-state index in [4.69, 9.17) is 0 Å². The van der Waals surface area contributed by atoms with Crippen LogP contribution in [0.5, 0.6) is 0 Å². The smallest absolute Gasteiger partial charge is 0.277 e. The highest BCUT2D eigenvalue weighted by Gasteiger charge is 2.18. The van der Waals surface area contributed by atoms with Crippen LogP contribution in [-0.4, -0.2) is 28.3 Å². The molecule has 1 heterocycles. The van der Waals surface area contributed by atoms with Crippen LogP contribution in [0.1, 0.15) is 29.9 Å². The zero-order valence-electron chi connectivity index (χ0n) is 16.6. The van der Waals surface area contributed by atoms with E-state index < -0.39 is 0 Å². The Morgan fingerprint density at radius 1 is 1.03 bits per heavy atom. The van der Waals surface area contributed by atoms with E-state index in [2.05, 4.69) is 20.6 Å². The third-order valence-electron chi connectivity index (χ3n) is 4.19. The van der Waals surface area contributed by atoms with E-state index in [9.17, 15) is 9.59 Å². The highest BCUT2D eigenvalue weighted by atomic mass is 16.2. The maximum absolute atomic E-state index is 13.0. The summed E-state index contributed by atoms with van der Waals surface area (Å²) in [6.07, 6.45) is 1.55. The number of anilines is 4. The first-order valence-corrected chi connectivity index (χ1v) is 9.32. The molecule has 0 aliphatic rings. The van der Waals surface area contributed by atoms with Crippen molar-refractivity contribution < 1.29 is 9.59 Å². The van der Waals surface area contributed by atoms with E-state index in [1.807, 2.05) is 44.2 Å². The third-order valence-corrected chi connectivity index (χ3v) is 4.19. The summed E-state index contributed by atoms with van der Waals surface area (Å²) in [5, 5.41) is 5.80. The number of nitrogens with one attached hydrogen (secondary N) is 2. The molecule has 0 bridgehead atoms. The minimum Gasteiger partial charge on any atom is -0.326 e. The molecule has 2 amide bonds. The quantitative estimate of drug-likeness (QED) is 0.661. The maximum Gasteiger partial charge on any atom is 0.277 e. The summed E-state index contributed by atoms with van der Waals surface area (Å²) in [6.45, 7) is 5.89. The first-order valence-electron chi connectivity index (χ1n) is 9.32. The van der Waals surface area contributed by atoms with E-state index in [1.54, 1.807) is 35.4 Å². The van der Waals surface area contributed by atoms with Gasteiger partial charge in [0, 0.05) is 36.7 Å². The molecule has 7 heteroatoms. The van der Waals surface area contributed by atoms with Gasteiger partial charge < -0.3 is 15.5 Å². The molecule has 29 heavy (non-hydrogen) atoms. The highest BCUT2D eigenvalue weighted by molar-refractivity contribution is 6.04. The lowest BCUT2D eigenvalue weighted by molar-refractivity contribution is -0.114. The lowest BCUT2D eigenvalue weighted by Crippen LogP contribution is -2.31. The minimum atomic E-state index is -0.199. The van der Waals surface area contributed by atoms with Crippen molar-refractivity contribution in [2.24, 2.45) is 0 Å². The van der Waals surface area contributed by atoms with Gasteiger partial charge >= 0.3 is 0 Å². The van der Waals surface area contributed by atoms with Gasteiger partial charge in [0.25, 0.3) is 5.91 Å². The SMILES string of the molecule is CCN(C(=O)c1ccnc(Nc2cccc(NC(C)=O)c2)n1)c1cccc(C)c1. The fourth-order valence-corrected chi connectivity index (χ4v) is 2.92. The summed E-state index contributed by atoms with van der Waals surface area (Å²) in [6, 6.07) is 16.6. The first-order chi connectivity index (χ1) is 14.0. The number of amides is 2. The zero-order valence-corrected chi connectivity index (χ0v) is 16.6. The van der Waals surface area contributed by atoms with Crippen molar-refractivity contribution in [3.05, 3.63) is 72.1 Å². The van der Waals surface area contributed by atoms with Gasteiger partial charge in [0.15, 0.2) is 0 Å². The first kappa shape index (κ1) is 20.0. The minimum absolute atomic E-state index is 0.151. The Balaban J connectivity index is 1.81. The number of carbonyl (C=O) groups excluding carboxylic acids is 2. The van der Waals surface area contributed by atoms with Crippen LogP contribution in [0.25, 0.3) is 0 Å². The lowest BCUT2D eigenvalue weighted by atomic mass is 10.2. The average Bonchev–Trinajstić information content (AvgIpc) is 2.68. The molecule has 7 nitrogen and oxygen atoms in total. The summed E-state index contributed by atoms with van der Waals surface area (Å²) in [7, 11) is 0. The van der Waals surface area contributed by atoms with Crippen LogP contribution in [0.4, 0.5) is 23.0 Å². The Morgan fingerprint density at radius 3 is 2.52 bits per heavy atom. The standard InChI is InChI=1S/C22H23N5O2/c1-4-27(19-10-5-7-15(2)13-19)21(29)20-11-12-23-22(26-20)25-18-9-6-8-17(14-18)24-16(3)28/h5-14H,4H2,1-3H3,(H,24,28)(H,23,25,26). The monoisotopic (exact) mass is 389 g/mol. The van der Waals surface area contributed by atoms with E-state index in [-0.39, 0.29) is 11.8 Å². The molecule has 3 aromatic rings. The molecule has 0 fully saturated rings. The van der Waals surface area contributed by atoms with Crippen molar-refractivity contribution >= 4 is 34.8 Å². The number of rotatable bonds is 6. The van der Waals surface area contributed by atoms with Gasteiger partial charge in [-0.3, -0.25) is 9.59 Å². The summed E-state index contributed by atoms with van der Waals surface area (Å²) in [4.78, 5) is 34.5. The Labute approximate surface area is 169 Å². The van der Waals surface area contributed by atoms with Gasteiger partial charge in [-0.15, -0.1) is 0 Å². The van der Waals surface area contributed by atoms with Gasteiger partial charge in [-0.1, -0.05) is 18.2 Å². The second-order valence-electron chi connectivity index (χ2n) is 6.54. The predicted molar refractivity (Wildman–Crippen MR) is 115 cm³/mol. The van der Waals surface area contributed by atoms with Gasteiger partial charge in [0.2, 0.25) is 11.9 Å². The van der Waals surface area contributed by atoms with Crippen LogP contribution in [0.3, 0.4) is 0 Å². The number of aryl methyl sites for hydroxylation is 1. The Kier molecular flexibility index (Phi) is 6.19. The van der Waals surface area contributed by atoms with Gasteiger partial charge in [-0.2, -0.15) is 0 Å². The van der Waals surface area contributed by atoms with Crippen LogP contribution in [0.15, 0.2) is 60.8 Å². The largest absolute Gasteiger partial charge is 0.326 e. The number of benzene rings is 2. The normalized spacial score (nSPS) is 10.3. The fraction of sp³-hybridized carbons (Fsp3) is 0.182. The van der Waals surface area contributed by atoms with Crippen molar-refractivity contribution in [1.82, 2.24) is 9.97 Å². The molecular formula is C22H23N5O2. The molecule has 0 radical (unpaired) electrons. The van der Waals surface area contributed by atoms with Crippen molar-refractivity contribution in [1.29, 1.82) is 0 Å². The molecule has 0 aliphatic carbocycles. The molecule has 0 unspecified atom stereocenters. The Hall–Kier alpha value is -3.74. The summed E-state index contributed by atoms with van der Waals surface area (Å²) in [5.74, 6) is -0.0477. The number of aromatic nitrogens is 2. The number of hydrogen-bond acceptors (Lipinski definition) is 5. The van der Waals surface area contributed by atoms with Crippen LogP contribution in [-0.2, 0) is 4.79 Å². The van der Waals surface area contributed by atoms with E-state index >= 15 is 0 Å². The van der Waals surface area contributed by atoms with Gasteiger partial charge in [-0.05, 0) is 55.8 Å². The summed E-state index contributed by atoms with van der Waals surface area (Å²) >= 11 is 0. The van der Waals surface area contributed by atoms with Crippen molar-refractivity contribution in [2.75, 3.05) is 22.1 Å². The molecule has 3 rings (SSSR count). The number of nitrogens with zero attached hydrogens (tertiary/aromatic N) is 3. The molecule has 148 valence electrons. The molecule has 0 saturated heterocycles. The number of hydrogen-bond donors (Lipinski definition) is 2. The molecule has 2 aromatic carbocycles.